The Morgan fingerprint density at radius 1 is 1.40 bits per heavy atom. The summed E-state index contributed by atoms with van der Waals surface area (Å²) in [5.41, 5.74) is 0.982. The number of ether oxygens (including phenoxy) is 1. The van der Waals surface area contributed by atoms with Crippen molar-refractivity contribution >= 4 is 15.9 Å². The van der Waals surface area contributed by atoms with Crippen LogP contribution in [0.15, 0.2) is 28.7 Å². The molecule has 0 bridgehead atoms. The molecule has 2 rings (SSSR count). The SMILES string of the molecule is CCOCC1CCN(CC(O)c2cccc(Br)c2)CC1. The largest absolute Gasteiger partial charge is 0.387 e. The second kappa shape index (κ2) is 8.13. The van der Waals surface area contributed by atoms with E-state index in [2.05, 4.69) is 20.8 Å². The van der Waals surface area contributed by atoms with Crippen molar-refractivity contribution in [3.05, 3.63) is 34.3 Å². The van der Waals surface area contributed by atoms with Crippen LogP contribution in [-0.4, -0.2) is 42.9 Å². The second-order valence-corrected chi connectivity index (χ2v) is 6.39. The fraction of sp³-hybridized carbons (Fsp3) is 0.625. The molecule has 0 aliphatic carbocycles. The van der Waals surface area contributed by atoms with Crippen LogP contribution in [0.5, 0.6) is 0 Å². The van der Waals surface area contributed by atoms with Crippen LogP contribution in [0.25, 0.3) is 0 Å². The molecule has 0 saturated carbocycles. The zero-order valence-electron chi connectivity index (χ0n) is 12.1. The number of halogens is 1. The first kappa shape index (κ1) is 16.0. The summed E-state index contributed by atoms with van der Waals surface area (Å²) in [7, 11) is 0. The van der Waals surface area contributed by atoms with Gasteiger partial charge in [-0.2, -0.15) is 0 Å². The van der Waals surface area contributed by atoms with Gasteiger partial charge >= 0.3 is 0 Å². The first-order chi connectivity index (χ1) is 9.69. The Balaban J connectivity index is 1.77. The van der Waals surface area contributed by atoms with Gasteiger partial charge in [0, 0.05) is 24.2 Å². The zero-order valence-corrected chi connectivity index (χ0v) is 13.7. The minimum absolute atomic E-state index is 0.407. The van der Waals surface area contributed by atoms with Crippen molar-refractivity contribution in [1.29, 1.82) is 0 Å². The lowest BCUT2D eigenvalue weighted by atomic mass is 9.97. The molecule has 0 spiro atoms. The van der Waals surface area contributed by atoms with Crippen molar-refractivity contribution in [3.8, 4) is 0 Å². The number of rotatable bonds is 6. The van der Waals surface area contributed by atoms with Gasteiger partial charge in [0.2, 0.25) is 0 Å². The topological polar surface area (TPSA) is 32.7 Å². The molecule has 1 aliphatic rings. The third-order valence-electron chi connectivity index (χ3n) is 3.93. The van der Waals surface area contributed by atoms with Crippen molar-refractivity contribution in [2.45, 2.75) is 25.9 Å². The summed E-state index contributed by atoms with van der Waals surface area (Å²) in [6.45, 7) is 6.58. The Labute approximate surface area is 130 Å². The summed E-state index contributed by atoms with van der Waals surface area (Å²) in [5.74, 6) is 0.689. The lowest BCUT2D eigenvalue weighted by Crippen LogP contribution is -2.37. The second-order valence-electron chi connectivity index (χ2n) is 5.47. The highest BCUT2D eigenvalue weighted by atomic mass is 79.9. The van der Waals surface area contributed by atoms with E-state index in [1.54, 1.807) is 0 Å². The quantitative estimate of drug-likeness (QED) is 0.862. The first-order valence-corrected chi connectivity index (χ1v) is 8.22. The van der Waals surface area contributed by atoms with Crippen molar-refractivity contribution < 1.29 is 9.84 Å². The first-order valence-electron chi connectivity index (χ1n) is 7.42. The van der Waals surface area contributed by atoms with E-state index in [4.69, 9.17) is 4.74 Å². The minimum Gasteiger partial charge on any atom is -0.387 e. The number of aliphatic hydroxyl groups excluding tert-OH is 1. The highest BCUT2D eigenvalue weighted by Gasteiger charge is 2.21. The van der Waals surface area contributed by atoms with E-state index in [0.717, 1.165) is 42.9 Å². The molecule has 1 aromatic carbocycles. The highest BCUT2D eigenvalue weighted by Crippen LogP contribution is 2.22. The van der Waals surface area contributed by atoms with E-state index >= 15 is 0 Å². The molecule has 1 fully saturated rings. The lowest BCUT2D eigenvalue weighted by molar-refractivity contribution is 0.0534. The summed E-state index contributed by atoms with van der Waals surface area (Å²) in [4.78, 5) is 2.36. The van der Waals surface area contributed by atoms with Crippen molar-refractivity contribution in [3.63, 3.8) is 0 Å². The van der Waals surface area contributed by atoms with Crippen LogP contribution in [0.4, 0.5) is 0 Å². The number of hydrogen-bond acceptors (Lipinski definition) is 3. The smallest absolute Gasteiger partial charge is 0.0917 e. The van der Waals surface area contributed by atoms with Gasteiger partial charge in [-0.25, -0.2) is 0 Å². The molecule has 1 aromatic rings. The molecular weight excluding hydrogens is 318 g/mol. The molecule has 1 aliphatic heterocycles. The Kier molecular flexibility index (Phi) is 6.49. The molecule has 20 heavy (non-hydrogen) atoms. The Hall–Kier alpha value is -0.420. The fourth-order valence-corrected chi connectivity index (χ4v) is 3.10. The predicted octanol–water partition coefficient (Wildman–Crippen LogP) is 3.23. The normalized spacial score (nSPS) is 19.1. The van der Waals surface area contributed by atoms with Crippen LogP contribution in [0.2, 0.25) is 0 Å². The Morgan fingerprint density at radius 3 is 2.80 bits per heavy atom. The van der Waals surface area contributed by atoms with Gasteiger partial charge in [0.15, 0.2) is 0 Å². The number of piperidine rings is 1. The summed E-state index contributed by atoms with van der Waals surface area (Å²) < 4.78 is 6.52. The van der Waals surface area contributed by atoms with E-state index in [0.29, 0.717) is 5.92 Å². The Bertz CT molecular complexity index is 405. The molecule has 1 atom stereocenters. The van der Waals surface area contributed by atoms with Crippen molar-refractivity contribution in [2.75, 3.05) is 32.8 Å². The molecular formula is C16H24BrNO2. The standard InChI is InChI=1S/C16H24BrNO2/c1-2-20-12-13-6-8-18(9-7-13)11-16(19)14-4-3-5-15(17)10-14/h3-5,10,13,16,19H,2,6-9,11-12H2,1H3. The van der Waals surface area contributed by atoms with Crippen molar-refractivity contribution in [2.24, 2.45) is 5.92 Å². The van der Waals surface area contributed by atoms with Gasteiger partial charge in [-0.1, -0.05) is 28.1 Å². The van der Waals surface area contributed by atoms with E-state index in [1.165, 1.54) is 12.8 Å². The number of hydrogen-bond donors (Lipinski definition) is 1. The van der Waals surface area contributed by atoms with Gasteiger partial charge in [0.1, 0.15) is 0 Å². The average Bonchev–Trinajstić information content (AvgIpc) is 2.46. The van der Waals surface area contributed by atoms with Gasteiger partial charge in [-0.05, 0) is 56.5 Å². The monoisotopic (exact) mass is 341 g/mol. The maximum Gasteiger partial charge on any atom is 0.0917 e. The van der Waals surface area contributed by atoms with Gasteiger partial charge in [-0.15, -0.1) is 0 Å². The number of likely N-dealkylation sites (tertiary alicyclic amines) is 1. The van der Waals surface area contributed by atoms with Gasteiger partial charge in [0.05, 0.1) is 6.10 Å². The highest BCUT2D eigenvalue weighted by molar-refractivity contribution is 9.10. The van der Waals surface area contributed by atoms with Crippen LogP contribution in [0.1, 0.15) is 31.4 Å². The third-order valence-corrected chi connectivity index (χ3v) is 4.42. The molecule has 112 valence electrons. The fourth-order valence-electron chi connectivity index (χ4n) is 2.68. The van der Waals surface area contributed by atoms with Crippen LogP contribution in [-0.2, 0) is 4.74 Å². The molecule has 0 aromatic heterocycles. The number of benzene rings is 1. The average molecular weight is 342 g/mol. The molecule has 1 unspecified atom stereocenters. The van der Waals surface area contributed by atoms with Gasteiger partial charge < -0.3 is 14.7 Å². The van der Waals surface area contributed by atoms with Crippen LogP contribution >= 0.6 is 15.9 Å². The lowest BCUT2D eigenvalue weighted by Gasteiger charge is -2.33. The van der Waals surface area contributed by atoms with E-state index in [9.17, 15) is 5.11 Å². The van der Waals surface area contributed by atoms with Crippen molar-refractivity contribution in [1.82, 2.24) is 4.90 Å². The van der Waals surface area contributed by atoms with Gasteiger partial charge in [-0.3, -0.25) is 0 Å². The molecule has 1 saturated heterocycles. The maximum absolute atomic E-state index is 10.3. The van der Waals surface area contributed by atoms with E-state index in [-0.39, 0.29) is 0 Å². The molecule has 1 N–H and O–H groups in total. The van der Waals surface area contributed by atoms with E-state index < -0.39 is 6.10 Å². The number of nitrogens with zero attached hydrogens (tertiary/aromatic N) is 1. The molecule has 0 amide bonds. The van der Waals surface area contributed by atoms with Crippen LogP contribution < -0.4 is 0 Å². The summed E-state index contributed by atoms with van der Waals surface area (Å²) in [6, 6.07) is 7.93. The molecule has 3 nitrogen and oxygen atoms in total. The predicted molar refractivity (Wildman–Crippen MR) is 84.8 cm³/mol. The number of β-amino-alcohol motifs (C(OH)–C–C–N with tert-alkyl or cyclic N) is 1. The molecule has 4 heteroatoms. The van der Waals surface area contributed by atoms with Gasteiger partial charge in [0.25, 0.3) is 0 Å². The van der Waals surface area contributed by atoms with Crippen LogP contribution in [0, 0.1) is 5.92 Å². The number of aliphatic hydroxyl groups is 1. The maximum atomic E-state index is 10.3. The summed E-state index contributed by atoms with van der Waals surface area (Å²) in [5, 5.41) is 10.3. The zero-order chi connectivity index (χ0) is 14.4. The Morgan fingerprint density at radius 2 is 2.15 bits per heavy atom. The molecule has 0 radical (unpaired) electrons. The molecule has 1 heterocycles. The summed E-state index contributed by atoms with van der Waals surface area (Å²) >= 11 is 3.45. The summed E-state index contributed by atoms with van der Waals surface area (Å²) in [6.07, 6.45) is 1.94. The van der Waals surface area contributed by atoms with E-state index in [1.807, 2.05) is 31.2 Å². The minimum atomic E-state index is -0.407. The third kappa shape index (κ3) is 4.85. The van der Waals surface area contributed by atoms with Crippen LogP contribution in [0.3, 0.4) is 0 Å².